The molecule has 2 unspecified atom stereocenters. The van der Waals surface area contributed by atoms with E-state index in [0.717, 1.165) is 25.7 Å². The Hall–Kier alpha value is -0.810. The van der Waals surface area contributed by atoms with E-state index in [2.05, 4.69) is 11.7 Å². The molecule has 0 heterocycles. The molecule has 0 aromatic carbocycles. The minimum Gasteiger partial charge on any atom is -0.450 e. The molecule has 0 amide bonds. The summed E-state index contributed by atoms with van der Waals surface area (Å²) in [5.74, 6) is 0.0173. The predicted molar refractivity (Wildman–Crippen MR) is 73.0 cm³/mol. The number of hydrogen-bond acceptors (Lipinski definition) is 4. The number of unbranched alkanes of at least 4 members (excludes halogenated alkanes) is 1. The maximum atomic E-state index is 10.5. The van der Waals surface area contributed by atoms with Gasteiger partial charge in [-0.3, -0.25) is 0 Å². The molecule has 0 aliphatic rings. The molecular weight excluding hydrogens is 248 g/mol. The zero-order valence-corrected chi connectivity index (χ0v) is 12.8. The third-order valence-corrected chi connectivity index (χ3v) is 3.29. The van der Waals surface area contributed by atoms with Crippen LogP contribution in [0.1, 0.15) is 60.3 Å². The Kier molecular flexibility index (Phi) is 8.76. The molecule has 0 aromatic heterocycles. The maximum absolute atomic E-state index is 10.5. The van der Waals surface area contributed by atoms with E-state index in [9.17, 15) is 4.79 Å². The lowest BCUT2D eigenvalue weighted by Gasteiger charge is -2.27. The van der Waals surface area contributed by atoms with Gasteiger partial charge in [-0.15, -0.1) is 0 Å². The van der Waals surface area contributed by atoms with Crippen molar-refractivity contribution in [1.29, 1.82) is 0 Å². The van der Waals surface area contributed by atoms with Crippen molar-refractivity contribution >= 4 is 6.16 Å². The topological polar surface area (TPSA) is 65.0 Å². The van der Waals surface area contributed by atoms with Gasteiger partial charge in [-0.25, -0.2) is 14.6 Å². The van der Waals surface area contributed by atoms with Crippen LogP contribution in [0.15, 0.2) is 0 Å². The van der Waals surface area contributed by atoms with Crippen LogP contribution >= 0.6 is 0 Å². The van der Waals surface area contributed by atoms with Gasteiger partial charge in [0, 0.05) is 5.92 Å². The molecule has 5 heteroatoms. The van der Waals surface area contributed by atoms with Gasteiger partial charge in [-0.05, 0) is 33.6 Å². The van der Waals surface area contributed by atoms with Crippen LogP contribution in [0, 0.1) is 5.92 Å². The molecule has 1 N–H and O–H groups in total. The van der Waals surface area contributed by atoms with Crippen molar-refractivity contribution in [2.24, 2.45) is 5.92 Å². The van der Waals surface area contributed by atoms with Crippen LogP contribution in [0.5, 0.6) is 0 Å². The SMILES string of the molecule is CCCCC(COC(=O)O)C(C)OOC(C)(C)CC. The second-order valence-electron chi connectivity index (χ2n) is 5.48. The summed E-state index contributed by atoms with van der Waals surface area (Å²) >= 11 is 0. The Morgan fingerprint density at radius 1 is 1.32 bits per heavy atom. The molecule has 114 valence electrons. The first-order valence-electron chi connectivity index (χ1n) is 7.02. The lowest BCUT2D eigenvalue weighted by Crippen LogP contribution is -2.31. The average Bonchev–Trinajstić information content (AvgIpc) is 2.36. The summed E-state index contributed by atoms with van der Waals surface area (Å²) < 4.78 is 4.66. The Bertz CT molecular complexity index is 252. The van der Waals surface area contributed by atoms with E-state index in [-0.39, 0.29) is 24.2 Å². The predicted octanol–water partition coefficient (Wildman–Crippen LogP) is 4.01. The molecule has 0 aromatic rings. The molecule has 5 nitrogen and oxygen atoms in total. The molecule has 19 heavy (non-hydrogen) atoms. The number of hydrogen-bond donors (Lipinski definition) is 1. The molecule has 2 atom stereocenters. The van der Waals surface area contributed by atoms with Crippen molar-refractivity contribution in [3.63, 3.8) is 0 Å². The third-order valence-electron chi connectivity index (χ3n) is 3.29. The number of ether oxygens (including phenoxy) is 1. The van der Waals surface area contributed by atoms with E-state index < -0.39 is 6.16 Å². The summed E-state index contributed by atoms with van der Waals surface area (Å²) in [6.45, 7) is 10.1. The molecule has 0 aliphatic heterocycles. The van der Waals surface area contributed by atoms with Gasteiger partial charge in [0.15, 0.2) is 0 Å². The molecule has 0 saturated carbocycles. The van der Waals surface area contributed by atoms with Crippen LogP contribution in [-0.2, 0) is 14.5 Å². The summed E-state index contributed by atoms with van der Waals surface area (Å²) in [6, 6.07) is 0. The van der Waals surface area contributed by atoms with Crippen LogP contribution in [0.3, 0.4) is 0 Å². The fourth-order valence-corrected chi connectivity index (χ4v) is 1.44. The second-order valence-corrected chi connectivity index (χ2v) is 5.48. The van der Waals surface area contributed by atoms with Gasteiger partial charge in [0.2, 0.25) is 0 Å². The first-order valence-corrected chi connectivity index (χ1v) is 7.02. The fourth-order valence-electron chi connectivity index (χ4n) is 1.44. The Labute approximate surface area is 116 Å². The summed E-state index contributed by atoms with van der Waals surface area (Å²) in [5.41, 5.74) is -0.336. The minimum atomic E-state index is -1.25. The van der Waals surface area contributed by atoms with Crippen LogP contribution < -0.4 is 0 Å². The maximum Gasteiger partial charge on any atom is 0.505 e. The molecule has 0 radical (unpaired) electrons. The van der Waals surface area contributed by atoms with Gasteiger partial charge in [0.25, 0.3) is 0 Å². The normalized spacial score (nSPS) is 15.0. The molecule has 0 saturated heterocycles. The number of carboxylic acid groups (broad SMARTS) is 1. The van der Waals surface area contributed by atoms with Gasteiger partial charge in [0.05, 0.1) is 11.7 Å². The van der Waals surface area contributed by atoms with Gasteiger partial charge >= 0.3 is 6.16 Å². The highest BCUT2D eigenvalue weighted by Crippen LogP contribution is 2.21. The highest BCUT2D eigenvalue weighted by molar-refractivity contribution is 5.56. The molecule has 0 aliphatic carbocycles. The standard InChI is InChI=1S/C14H28O5/c1-6-8-9-12(10-17-13(15)16)11(3)18-19-14(4,5)7-2/h11-12H,6-10H2,1-5H3,(H,15,16). The van der Waals surface area contributed by atoms with Crippen LogP contribution in [0.25, 0.3) is 0 Å². The number of carbonyl (C=O) groups is 1. The van der Waals surface area contributed by atoms with E-state index in [1.807, 2.05) is 27.7 Å². The van der Waals surface area contributed by atoms with E-state index in [1.165, 1.54) is 0 Å². The first-order chi connectivity index (χ1) is 8.82. The third kappa shape index (κ3) is 8.83. The van der Waals surface area contributed by atoms with Gasteiger partial charge in [-0.1, -0.05) is 26.7 Å². The molecular formula is C14H28O5. The fraction of sp³-hybridized carbons (Fsp3) is 0.929. The van der Waals surface area contributed by atoms with Gasteiger partial charge in [-0.2, -0.15) is 0 Å². The van der Waals surface area contributed by atoms with Gasteiger partial charge in [0.1, 0.15) is 6.61 Å². The van der Waals surface area contributed by atoms with Crippen molar-refractivity contribution in [3.8, 4) is 0 Å². The summed E-state index contributed by atoms with van der Waals surface area (Å²) in [5, 5.41) is 8.57. The Balaban J connectivity index is 4.27. The van der Waals surface area contributed by atoms with Crippen molar-refractivity contribution in [3.05, 3.63) is 0 Å². The zero-order valence-electron chi connectivity index (χ0n) is 12.8. The Morgan fingerprint density at radius 3 is 2.42 bits per heavy atom. The first kappa shape index (κ1) is 18.2. The highest BCUT2D eigenvalue weighted by atomic mass is 17.2. The summed E-state index contributed by atoms with van der Waals surface area (Å²) in [7, 11) is 0. The van der Waals surface area contributed by atoms with Crippen molar-refractivity contribution in [1.82, 2.24) is 0 Å². The molecule has 0 bridgehead atoms. The Morgan fingerprint density at radius 2 is 1.95 bits per heavy atom. The van der Waals surface area contributed by atoms with Gasteiger partial charge < -0.3 is 9.84 Å². The lowest BCUT2D eigenvalue weighted by molar-refractivity contribution is -0.382. The van der Waals surface area contributed by atoms with Crippen LogP contribution in [-0.4, -0.2) is 29.6 Å². The van der Waals surface area contributed by atoms with E-state index in [0.29, 0.717) is 0 Å². The molecule has 0 spiro atoms. The quantitative estimate of drug-likeness (QED) is 0.371. The van der Waals surface area contributed by atoms with Crippen LogP contribution in [0.4, 0.5) is 4.79 Å². The summed E-state index contributed by atoms with van der Waals surface area (Å²) in [4.78, 5) is 21.3. The van der Waals surface area contributed by atoms with Crippen LogP contribution in [0.2, 0.25) is 0 Å². The van der Waals surface area contributed by atoms with E-state index in [4.69, 9.17) is 14.9 Å². The number of rotatable bonds is 10. The zero-order chi connectivity index (χ0) is 14.9. The monoisotopic (exact) mass is 276 g/mol. The smallest absolute Gasteiger partial charge is 0.450 e. The highest BCUT2D eigenvalue weighted by Gasteiger charge is 2.24. The molecule has 0 fully saturated rings. The van der Waals surface area contributed by atoms with E-state index in [1.54, 1.807) is 0 Å². The van der Waals surface area contributed by atoms with Crippen molar-refractivity contribution < 1.29 is 24.4 Å². The van der Waals surface area contributed by atoms with Crippen molar-refractivity contribution in [2.45, 2.75) is 72.0 Å². The van der Waals surface area contributed by atoms with Crippen molar-refractivity contribution in [2.75, 3.05) is 6.61 Å². The molecule has 0 rings (SSSR count). The average molecular weight is 276 g/mol. The minimum absolute atomic E-state index is 0.0173. The largest absolute Gasteiger partial charge is 0.505 e. The second kappa shape index (κ2) is 9.15. The lowest BCUT2D eigenvalue weighted by atomic mass is 9.98. The van der Waals surface area contributed by atoms with E-state index >= 15 is 0 Å². The summed E-state index contributed by atoms with van der Waals surface area (Å²) in [6.07, 6.45) is 2.32.